The maximum atomic E-state index is 6.09. The summed E-state index contributed by atoms with van der Waals surface area (Å²) in [7, 11) is 0. The van der Waals surface area contributed by atoms with Crippen LogP contribution in [-0.4, -0.2) is 52.8 Å². The molecule has 1 aromatic heterocycles. The topological polar surface area (TPSA) is 75.8 Å². The third kappa shape index (κ3) is 2.92. The molecule has 3 aliphatic heterocycles. The second kappa shape index (κ2) is 6.27. The number of aromatic nitrogens is 2. The Morgan fingerprint density at radius 3 is 2.64 bits per heavy atom. The van der Waals surface area contributed by atoms with Gasteiger partial charge in [-0.15, -0.1) is 0 Å². The van der Waals surface area contributed by atoms with E-state index in [4.69, 9.17) is 14.3 Å². The van der Waals surface area contributed by atoms with Crippen LogP contribution >= 0.6 is 0 Å². The Balaban J connectivity index is 1.27. The molecule has 1 aromatic rings. The van der Waals surface area contributed by atoms with E-state index < -0.39 is 0 Å². The van der Waals surface area contributed by atoms with Crippen molar-refractivity contribution in [3.05, 3.63) is 11.7 Å². The average Bonchev–Trinajstić information content (AvgIpc) is 3.02. The number of hydrogen-bond acceptors (Lipinski definition) is 5. The molecule has 0 radical (unpaired) electrons. The van der Waals surface area contributed by atoms with E-state index in [1.807, 2.05) is 0 Å². The Kier molecular flexibility index (Phi) is 3.91. The maximum absolute atomic E-state index is 6.09. The summed E-state index contributed by atoms with van der Waals surface area (Å²) in [6.45, 7) is 5.68. The Labute approximate surface area is 148 Å². The number of likely N-dealkylation sites (tertiary alicyclic amines) is 1. The molecular formula is C18H27N5O2. The number of hydrogen-bond donors (Lipinski definition) is 1. The van der Waals surface area contributed by atoms with Gasteiger partial charge in [-0.25, -0.2) is 4.99 Å². The van der Waals surface area contributed by atoms with Gasteiger partial charge in [0.2, 0.25) is 5.89 Å². The van der Waals surface area contributed by atoms with E-state index in [2.05, 4.69) is 27.3 Å². The van der Waals surface area contributed by atoms with Crippen LogP contribution in [0.5, 0.6) is 0 Å². The van der Waals surface area contributed by atoms with Crippen LogP contribution in [0.25, 0.3) is 0 Å². The van der Waals surface area contributed by atoms with Crippen molar-refractivity contribution in [2.45, 2.75) is 63.7 Å². The monoisotopic (exact) mass is 345 g/mol. The molecule has 1 aliphatic carbocycles. The van der Waals surface area contributed by atoms with Crippen LogP contribution in [0.4, 0.5) is 0 Å². The fraction of sp³-hybridized carbons (Fsp3) is 0.833. The molecule has 4 heterocycles. The highest BCUT2D eigenvalue weighted by atomic mass is 16.5. The van der Waals surface area contributed by atoms with E-state index >= 15 is 0 Å². The summed E-state index contributed by atoms with van der Waals surface area (Å²) >= 11 is 0. The van der Waals surface area contributed by atoms with Crippen molar-refractivity contribution < 1.29 is 9.26 Å². The Morgan fingerprint density at radius 2 is 1.96 bits per heavy atom. The van der Waals surface area contributed by atoms with E-state index in [0.717, 1.165) is 37.8 Å². The lowest BCUT2D eigenvalue weighted by atomic mass is 9.82. The molecule has 0 amide bonds. The Hall–Kier alpha value is -1.63. The van der Waals surface area contributed by atoms with Crippen molar-refractivity contribution in [3.63, 3.8) is 0 Å². The zero-order valence-electron chi connectivity index (χ0n) is 14.9. The number of guanidine groups is 1. The van der Waals surface area contributed by atoms with Gasteiger partial charge < -0.3 is 19.5 Å². The molecule has 4 atom stereocenters. The molecule has 7 heteroatoms. The third-order valence-electron chi connectivity index (χ3n) is 6.08. The number of aliphatic imine (C=N–C) groups is 1. The molecule has 2 bridgehead atoms. The predicted molar refractivity (Wildman–Crippen MR) is 92.2 cm³/mol. The van der Waals surface area contributed by atoms with Crippen LogP contribution in [0.15, 0.2) is 9.52 Å². The number of nitrogens with one attached hydrogen (secondary N) is 1. The molecule has 1 N–H and O–H groups in total. The quantitative estimate of drug-likeness (QED) is 0.649. The van der Waals surface area contributed by atoms with Crippen molar-refractivity contribution in [1.82, 2.24) is 20.4 Å². The second-order valence-corrected chi connectivity index (χ2v) is 7.91. The summed E-state index contributed by atoms with van der Waals surface area (Å²) in [5.74, 6) is 4.35. The highest BCUT2D eigenvalue weighted by molar-refractivity contribution is 5.80. The molecule has 0 spiro atoms. The van der Waals surface area contributed by atoms with Crippen molar-refractivity contribution in [2.24, 2.45) is 16.8 Å². The first-order chi connectivity index (χ1) is 12.3. The van der Waals surface area contributed by atoms with Gasteiger partial charge in [0.25, 0.3) is 0 Å². The average molecular weight is 345 g/mol. The van der Waals surface area contributed by atoms with E-state index in [-0.39, 0.29) is 0 Å². The summed E-state index contributed by atoms with van der Waals surface area (Å²) in [4.78, 5) is 11.7. The van der Waals surface area contributed by atoms with Gasteiger partial charge in [-0.3, -0.25) is 0 Å². The fourth-order valence-electron chi connectivity index (χ4n) is 4.62. The fourth-order valence-corrected chi connectivity index (χ4v) is 4.62. The van der Waals surface area contributed by atoms with Crippen molar-refractivity contribution in [2.75, 3.05) is 19.6 Å². The summed E-state index contributed by atoms with van der Waals surface area (Å²) in [5.41, 5.74) is 0. The molecule has 4 aliphatic rings. The zero-order chi connectivity index (χ0) is 16.8. The first-order valence-corrected chi connectivity index (χ1v) is 9.83. The molecule has 4 fully saturated rings. The van der Waals surface area contributed by atoms with Crippen LogP contribution in [0, 0.1) is 11.8 Å². The van der Waals surface area contributed by atoms with Gasteiger partial charge in [-0.05, 0) is 32.1 Å². The first-order valence-electron chi connectivity index (χ1n) is 9.83. The van der Waals surface area contributed by atoms with Crippen LogP contribution in [0.2, 0.25) is 0 Å². The number of fused-ring (bicyclic) bond motifs is 5. The number of ether oxygens (including phenoxy) is 1. The molecule has 7 nitrogen and oxygen atoms in total. The Bertz CT molecular complexity index is 638. The molecule has 4 unspecified atom stereocenters. The zero-order valence-corrected chi connectivity index (χ0v) is 14.9. The summed E-state index contributed by atoms with van der Waals surface area (Å²) in [6, 6.07) is 0. The smallest absolute Gasteiger partial charge is 0.248 e. The largest absolute Gasteiger partial charge is 0.374 e. The second-order valence-electron chi connectivity index (χ2n) is 7.91. The molecule has 136 valence electrons. The molecule has 5 rings (SSSR count). The van der Waals surface area contributed by atoms with E-state index in [1.54, 1.807) is 0 Å². The first kappa shape index (κ1) is 15.6. The summed E-state index contributed by atoms with van der Waals surface area (Å²) in [6.07, 6.45) is 6.88. The predicted octanol–water partition coefficient (Wildman–Crippen LogP) is 1.91. The highest BCUT2D eigenvalue weighted by Crippen LogP contribution is 2.47. The molecule has 25 heavy (non-hydrogen) atoms. The van der Waals surface area contributed by atoms with Crippen molar-refractivity contribution >= 4 is 5.96 Å². The Morgan fingerprint density at radius 1 is 1.20 bits per heavy atom. The molecular weight excluding hydrogens is 318 g/mol. The lowest BCUT2D eigenvalue weighted by Gasteiger charge is -2.23. The minimum absolute atomic E-state index is 0.459. The van der Waals surface area contributed by atoms with E-state index in [0.29, 0.717) is 42.4 Å². The number of nitrogens with zero attached hydrogens (tertiary/aromatic N) is 4. The summed E-state index contributed by atoms with van der Waals surface area (Å²) < 4.78 is 11.5. The molecule has 1 saturated carbocycles. The molecule has 0 aromatic carbocycles. The highest BCUT2D eigenvalue weighted by Gasteiger charge is 2.53. The maximum Gasteiger partial charge on any atom is 0.248 e. The minimum Gasteiger partial charge on any atom is -0.374 e. The minimum atomic E-state index is 0.459. The van der Waals surface area contributed by atoms with Crippen molar-refractivity contribution in [3.8, 4) is 0 Å². The van der Waals surface area contributed by atoms with Gasteiger partial charge in [0.15, 0.2) is 11.8 Å². The van der Waals surface area contributed by atoms with E-state index in [9.17, 15) is 0 Å². The van der Waals surface area contributed by atoms with E-state index in [1.165, 1.54) is 25.7 Å². The van der Waals surface area contributed by atoms with Gasteiger partial charge in [-0.1, -0.05) is 12.1 Å². The normalized spacial score (nSPS) is 34.0. The van der Waals surface area contributed by atoms with Crippen LogP contribution in [0.1, 0.15) is 56.7 Å². The molecule has 3 saturated heterocycles. The van der Waals surface area contributed by atoms with Gasteiger partial charge >= 0.3 is 0 Å². The summed E-state index contributed by atoms with van der Waals surface area (Å²) in [5, 5.41) is 7.59. The van der Waals surface area contributed by atoms with Gasteiger partial charge in [0, 0.05) is 37.4 Å². The third-order valence-corrected chi connectivity index (χ3v) is 6.08. The lowest BCUT2D eigenvalue weighted by molar-refractivity contribution is 0.0767. The van der Waals surface area contributed by atoms with Crippen molar-refractivity contribution in [1.29, 1.82) is 0 Å². The SMILES string of the molecule is CCCNC(=NCc1nc(C2CC2)no1)N1CC2C3CCC(O3)C2C1. The van der Waals surface area contributed by atoms with Crippen LogP contribution < -0.4 is 5.32 Å². The standard InChI is InChI=1S/C18H27N5O2/c1-2-7-19-18(20-8-16-21-17(22-25-16)11-3-4-11)23-9-12-13(10-23)15-6-5-14(12)24-15/h11-15H,2-10H2,1H3,(H,19,20). The van der Waals surface area contributed by atoms with Crippen LogP contribution in [0.3, 0.4) is 0 Å². The number of rotatable bonds is 5. The lowest BCUT2D eigenvalue weighted by Crippen LogP contribution is -2.41. The van der Waals surface area contributed by atoms with Gasteiger partial charge in [-0.2, -0.15) is 4.98 Å². The van der Waals surface area contributed by atoms with Gasteiger partial charge in [0.05, 0.1) is 12.2 Å². The van der Waals surface area contributed by atoms with Gasteiger partial charge in [0.1, 0.15) is 6.54 Å². The van der Waals surface area contributed by atoms with Crippen LogP contribution in [-0.2, 0) is 11.3 Å².